The first-order valence-electron chi connectivity index (χ1n) is 13.3. The van der Waals surface area contributed by atoms with Crippen LogP contribution in [0.3, 0.4) is 0 Å². The fourth-order valence-electron chi connectivity index (χ4n) is 8.65. The van der Waals surface area contributed by atoms with E-state index in [9.17, 15) is 18.8 Å². The SMILES string of the molecule is COC(=O)C1CCC(NC(=O)c2ccc(NC(=O)NC34CC5C[C@@](C)(C3)C[C@](C)(C5)C4)c(F)c2)CC1. The molecule has 0 spiro atoms. The van der Waals surface area contributed by atoms with Gasteiger partial charge >= 0.3 is 12.0 Å². The van der Waals surface area contributed by atoms with Crippen LogP contribution in [0.5, 0.6) is 0 Å². The zero-order valence-electron chi connectivity index (χ0n) is 21.5. The molecule has 5 aliphatic rings. The molecule has 3 N–H and O–H groups in total. The summed E-state index contributed by atoms with van der Waals surface area (Å²) in [5.41, 5.74) is 0.566. The zero-order valence-corrected chi connectivity index (χ0v) is 21.5. The van der Waals surface area contributed by atoms with Gasteiger partial charge in [0, 0.05) is 17.1 Å². The van der Waals surface area contributed by atoms with Crippen molar-refractivity contribution in [2.45, 2.75) is 89.6 Å². The number of hydrogen-bond donors (Lipinski definition) is 3. The average molecular weight is 500 g/mol. The van der Waals surface area contributed by atoms with Crippen LogP contribution in [0.4, 0.5) is 14.9 Å². The molecule has 1 aromatic carbocycles. The molecule has 5 aliphatic carbocycles. The Hall–Kier alpha value is -2.64. The lowest BCUT2D eigenvalue weighted by molar-refractivity contribution is -0.146. The third-order valence-electron chi connectivity index (χ3n) is 9.08. The number of methoxy groups -OCH3 is 1. The Bertz CT molecular complexity index is 1050. The van der Waals surface area contributed by atoms with E-state index in [-0.39, 0.29) is 57.5 Å². The van der Waals surface area contributed by atoms with E-state index >= 15 is 0 Å². The number of carbonyl (C=O) groups excluding carboxylic acids is 3. The highest BCUT2D eigenvalue weighted by atomic mass is 19.1. The van der Waals surface area contributed by atoms with Crippen molar-refractivity contribution >= 4 is 23.6 Å². The predicted molar refractivity (Wildman–Crippen MR) is 134 cm³/mol. The molecule has 0 heterocycles. The number of anilines is 1. The van der Waals surface area contributed by atoms with Crippen molar-refractivity contribution in [3.05, 3.63) is 29.6 Å². The second-order valence-electron chi connectivity index (χ2n) is 12.7. The van der Waals surface area contributed by atoms with Gasteiger partial charge in [0.15, 0.2) is 0 Å². The molecule has 5 fully saturated rings. The van der Waals surface area contributed by atoms with E-state index in [1.165, 1.54) is 38.5 Å². The molecule has 4 atom stereocenters. The third kappa shape index (κ3) is 4.96. The smallest absolute Gasteiger partial charge is 0.319 e. The number of hydrogen-bond acceptors (Lipinski definition) is 4. The third-order valence-corrected chi connectivity index (χ3v) is 9.08. The van der Waals surface area contributed by atoms with E-state index in [4.69, 9.17) is 4.74 Å². The van der Waals surface area contributed by atoms with Gasteiger partial charge in [-0.3, -0.25) is 9.59 Å². The number of benzene rings is 1. The molecule has 196 valence electrons. The molecule has 4 bridgehead atoms. The highest BCUT2D eigenvalue weighted by Crippen LogP contribution is 2.66. The van der Waals surface area contributed by atoms with Gasteiger partial charge in [-0.25, -0.2) is 9.18 Å². The molecular weight excluding hydrogens is 461 g/mol. The van der Waals surface area contributed by atoms with Crippen molar-refractivity contribution in [1.29, 1.82) is 0 Å². The Balaban J connectivity index is 1.17. The number of urea groups is 1. The Morgan fingerprint density at radius 3 is 2.22 bits per heavy atom. The Morgan fingerprint density at radius 1 is 0.972 bits per heavy atom. The van der Waals surface area contributed by atoms with Crippen LogP contribution in [0.2, 0.25) is 0 Å². The number of carbonyl (C=O) groups is 3. The van der Waals surface area contributed by atoms with Crippen molar-refractivity contribution in [2.75, 3.05) is 12.4 Å². The van der Waals surface area contributed by atoms with E-state index in [1.807, 2.05) is 0 Å². The van der Waals surface area contributed by atoms with E-state index in [2.05, 4.69) is 29.8 Å². The molecule has 8 heteroatoms. The monoisotopic (exact) mass is 499 g/mol. The van der Waals surface area contributed by atoms with Gasteiger partial charge in [-0.05, 0) is 99.2 Å². The summed E-state index contributed by atoms with van der Waals surface area (Å²) in [6.07, 6.45) is 9.29. The minimum Gasteiger partial charge on any atom is -0.469 e. The van der Waals surface area contributed by atoms with Gasteiger partial charge in [0.1, 0.15) is 5.82 Å². The van der Waals surface area contributed by atoms with Crippen LogP contribution in [0.1, 0.15) is 88.4 Å². The molecular formula is C28H38FN3O4. The molecule has 3 amide bonds. The summed E-state index contributed by atoms with van der Waals surface area (Å²) in [4.78, 5) is 37.3. The van der Waals surface area contributed by atoms with Crippen LogP contribution in [-0.4, -0.2) is 36.6 Å². The predicted octanol–water partition coefficient (Wildman–Crippen LogP) is 5.16. The second kappa shape index (κ2) is 9.03. The van der Waals surface area contributed by atoms with Crippen LogP contribution >= 0.6 is 0 Å². The average Bonchev–Trinajstić information content (AvgIpc) is 2.77. The van der Waals surface area contributed by atoms with Crippen molar-refractivity contribution in [3.8, 4) is 0 Å². The molecule has 7 nitrogen and oxygen atoms in total. The van der Waals surface area contributed by atoms with Gasteiger partial charge in [-0.1, -0.05) is 13.8 Å². The topological polar surface area (TPSA) is 96.5 Å². The van der Waals surface area contributed by atoms with E-state index < -0.39 is 5.82 Å². The Morgan fingerprint density at radius 2 is 1.64 bits per heavy atom. The molecule has 1 aromatic rings. The minimum absolute atomic E-state index is 0.0600. The molecule has 0 aromatic heterocycles. The molecule has 0 aliphatic heterocycles. The van der Waals surface area contributed by atoms with Gasteiger partial charge in [-0.2, -0.15) is 0 Å². The lowest BCUT2D eigenvalue weighted by atomic mass is 9.43. The highest BCUT2D eigenvalue weighted by molar-refractivity contribution is 5.96. The summed E-state index contributed by atoms with van der Waals surface area (Å²) in [6.45, 7) is 4.69. The first-order chi connectivity index (χ1) is 17.0. The highest BCUT2D eigenvalue weighted by Gasteiger charge is 2.60. The minimum atomic E-state index is -0.642. The molecule has 6 rings (SSSR count). The zero-order chi connectivity index (χ0) is 25.7. The number of rotatable bonds is 5. The van der Waals surface area contributed by atoms with Gasteiger partial charge in [0.05, 0.1) is 18.7 Å². The number of amides is 3. The lowest BCUT2D eigenvalue weighted by Gasteiger charge is -2.65. The molecule has 5 saturated carbocycles. The normalized spacial score (nSPS) is 36.7. The van der Waals surface area contributed by atoms with Crippen LogP contribution in [0, 0.1) is 28.5 Å². The van der Waals surface area contributed by atoms with Crippen LogP contribution in [0.15, 0.2) is 18.2 Å². The number of halogens is 1. The number of nitrogens with one attached hydrogen (secondary N) is 3. The second-order valence-corrected chi connectivity index (χ2v) is 12.7. The summed E-state index contributed by atoms with van der Waals surface area (Å²) in [6, 6.07) is 3.69. The Labute approximate surface area is 212 Å². The Kier molecular flexibility index (Phi) is 6.28. The van der Waals surface area contributed by atoms with Gasteiger partial charge < -0.3 is 20.7 Å². The summed E-state index contributed by atoms with van der Waals surface area (Å²) in [5, 5.41) is 8.84. The van der Waals surface area contributed by atoms with Crippen molar-refractivity contribution in [1.82, 2.24) is 10.6 Å². The first-order valence-corrected chi connectivity index (χ1v) is 13.3. The van der Waals surface area contributed by atoms with Crippen molar-refractivity contribution in [2.24, 2.45) is 22.7 Å². The van der Waals surface area contributed by atoms with Crippen LogP contribution in [0.25, 0.3) is 0 Å². The summed E-state index contributed by atoms with van der Waals surface area (Å²) < 4.78 is 19.7. The standard InChI is InChI=1S/C28H38FN3O4/c1-26-11-17-12-27(2,14-26)16-28(13-17,15-26)32-25(35)31-22-9-6-19(10-21(22)29)23(33)30-20-7-4-18(5-8-20)24(34)36-3/h6,9-10,17-18,20H,4-5,7-8,11-16H2,1-3H3,(H,30,33)(H2,31,32,35)/t17?,18?,20?,26-,27+,28?. The summed E-state index contributed by atoms with van der Waals surface area (Å²) >= 11 is 0. The number of esters is 1. The largest absolute Gasteiger partial charge is 0.469 e. The van der Waals surface area contributed by atoms with Crippen LogP contribution in [-0.2, 0) is 9.53 Å². The van der Waals surface area contributed by atoms with E-state index in [1.54, 1.807) is 0 Å². The quantitative estimate of drug-likeness (QED) is 0.488. The van der Waals surface area contributed by atoms with Gasteiger partial charge in [-0.15, -0.1) is 0 Å². The summed E-state index contributed by atoms with van der Waals surface area (Å²) in [5.74, 6) is -0.693. The van der Waals surface area contributed by atoms with Crippen LogP contribution < -0.4 is 16.0 Å². The lowest BCUT2D eigenvalue weighted by Crippen LogP contribution is -2.65. The van der Waals surface area contributed by atoms with Crippen molar-refractivity contribution in [3.63, 3.8) is 0 Å². The number of ether oxygens (including phenoxy) is 1. The molecule has 36 heavy (non-hydrogen) atoms. The van der Waals surface area contributed by atoms with E-state index in [0.29, 0.717) is 31.6 Å². The maximum absolute atomic E-state index is 14.9. The molecule has 0 saturated heterocycles. The molecule has 0 radical (unpaired) electrons. The maximum Gasteiger partial charge on any atom is 0.319 e. The first kappa shape index (κ1) is 25.0. The van der Waals surface area contributed by atoms with Crippen molar-refractivity contribution < 1.29 is 23.5 Å². The van der Waals surface area contributed by atoms with Gasteiger partial charge in [0.2, 0.25) is 0 Å². The maximum atomic E-state index is 14.9. The fraction of sp³-hybridized carbons (Fsp3) is 0.679. The van der Waals surface area contributed by atoms with Gasteiger partial charge in [0.25, 0.3) is 5.91 Å². The molecule has 2 unspecified atom stereocenters. The van der Waals surface area contributed by atoms with E-state index in [0.717, 1.165) is 25.3 Å². The summed E-state index contributed by atoms with van der Waals surface area (Å²) in [7, 11) is 1.39. The fourth-order valence-corrected chi connectivity index (χ4v) is 8.65.